The number of hydrogen-bond donors (Lipinski definition) is 0. The topological polar surface area (TPSA) is 68.2 Å². The van der Waals surface area contributed by atoms with Crippen molar-refractivity contribution >= 4 is 17.5 Å². The van der Waals surface area contributed by atoms with E-state index < -0.39 is 5.82 Å². The van der Waals surface area contributed by atoms with Crippen LogP contribution in [0.1, 0.15) is 30.4 Å². The molecule has 1 amide bonds. The zero-order chi connectivity index (χ0) is 21.1. The summed E-state index contributed by atoms with van der Waals surface area (Å²) in [6.45, 7) is 2.30. The molecule has 1 atom stereocenters. The third-order valence-corrected chi connectivity index (χ3v) is 5.36. The van der Waals surface area contributed by atoms with E-state index in [2.05, 4.69) is 15.0 Å². The Morgan fingerprint density at radius 2 is 2.10 bits per heavy atom. The van der Waals surface area contributed by atoms with Crippen molar-refractivity contribution < 1.29 is 13.9 Å². The number of aryl methyl sites for hydroxylation is 1. The van der Waals surface area contributed by atoms with Crippen LogP contribution in [0.2, 0.25) is 5.02 Å². The SMILES string of the molecule is Cc1ncc(-c2ccncc2)c([C@H]2CCCN2C(=O)COc2ccc(F)c(Cl)c2)n1. The van der Waals surface area contributed by atoms with Crippen molar-refractivity contribution in [2.75, 3.05) is 13.2 Å². The number of nitrogens with zero attached hydrogens (tertiary/aromatic N) is 4. The van der Waals surface area contributed by atoms with Crippen molar-refractivity contribution in [2.45, 2.75) is 25.8 Å². The summed E-state index contributed by atoms with van der Waals surface area (Å²) >= 11 is 5.78. The molecule has 154 valence electrons. The number of benzene rings is 1. The number of rotatable bonds is 5. The smallest absolute Gasteiger partial charge is 0.261 e. The number of amides is 1. The fraction of sp³-hybridized carbons (Fsp3) is 0.273. The molecule has 0 unspecified atom stereocenters. The third-order valence-electron chi connectivity index (χ3n) is 5.07. The van der Waals surface area contributed by atoms with Gasteiger partial charge < -0.3 is 9.64 Å². The second-order valence-corrected chi connectivity index (χ2v) is 7.47. The molecule has 8 heteroatoms. The summed E-state index contributed by atoms with van der Waals surface area (Å²) in [5, 5.41) is -0.0440. The molecule has 0 aliphatic carbocycles. The molecule has 0 radical (unpaired) electrons. The average Bonchev–Trinajstić information content (AvgIpc) is 3.25. The van der Waals surface area contributed by atoms with E-state index in [9.17, 15) is 9.18 Å². The summed E-state index contributed by atoms with van der Waals surface area (Å²) in [4.78, 5) is 27.8. The van der Waals surface area contributed by atoms with Crippen molar-refractivity contribution in [3.8, 4) is 16.9 Å². The highest BCUT2D eigenvalue weighted by Gasteiger charge is 2.33. The van der Waals surface area contributed by atoms with Crippen molar-refractivity contribution in [3.05, 3.63) is 71.3 Å². The zero-order valence-corrected chi connectivity index (χ0v) is 17.1. The molecule has 2 aromatic heterocycles. The molecule has 3 heterocycles. The molecule has 0 bridgehead atoms. The molecule has 1 aliphatic heterocycles. The van der Waals surface area contributed by atoms with E-state index in [1.54, 1.807) is 23.5 Å². The Balaban J connectivity index is 1.55. The second-order valence-electron chi connectivity index (χ2n) is 7.06. The Morgan fingerprint density at radius 3 is 2.87 bits per heavy atom. The molecule has 0 N–H and O–H groups in total. The maximum atomic E-state index is 13.3. The van der Waals surface area contributed by atoms with E-state index in [1.807, 2.05) is 19.1 Å². The van der Waals surface area contributed by atoms with Crippen LogP contribution in [0.25, 0.3) is 11.1 Å². The third kappa shape index (κ3) is 4.26. The molecule has 0 spiro atoms. The first-order chi connectivity index (χ1) is 14.5. The van der Waals surface area contributed by atoms with Gasteiger partial charge in [-0.3, -0.25) is 9.78 Å². The molecule has 0 saturated carbocycles. The Bertz CT molecular complexity index is 1060. The van der Waals surface area contributed by atoms with Gasteiger partial charge in [0, 0.05) is 36.8 Å². The highest BCUT2D eigenvalue weighted by Crippen LogP contribution is 2.36. The van der Waals surface area contributed by atoms with Crippen LogP contribution < -0.4 is 4.74 Å². The zero-order valence-electron chi connectivity index (χ0n) is 16.4. The fourth-order valence-electron chi connectivity index (χ4n) is 3.64. The van der Waals surface area contributed by atoms with Gasteiger partial charge in [-0.25, -0.2) is 14.4 Å². The molecule has 1 aliphatic rings. The van der Waals surface area contributed by atoms with Gasteiger partial charge in [-0.05, 0) is 49.6 Å². The minimum Gasteiger partial charge on any atom is -0.484 e. The largest absolute Gasteiger partial charge is 0.484 e. The average molecular weight is 427 g/mol. The number of carbonyl (C=O) groups excluding carboxylic acids is 1. The van der Waals surface area contributed by atoms with Crippen LogP contribution in [0, 0.1) is 12.7 Å². The Morgan fingerprint density at radius 1 is 1.30 bits per heavy atom. The molecule has 1 aromatic carbocycles. The van der Waals surface area contributed by atoms with E-state index in [-0.39, 0.29) is 23.6 Å². The van der Waals surface area contributed by atoms with Crippen LogP contribution in [0.3, 0.4) is 0 Å². The molecule has 30 heavy (non-hydrogen) atoms. The first kappa shape index (κ1) is 20.2. The number of hydrogen-bond acceptors (Lipinski definition) is 5. The molecular weight excluding hydrogens is 407 g/mol. The van der Waals surface area contributed by atoms with E-state index in [0.29, 0.717) is 18.1 Å². The molecule has 6 nitrogen and oxygen atoms in total. The Hall–Kier alpha value is -3.06. The lowest BCUT2D eigenvalue weighted by Gasteiger charge is -2.26. The van der Waals surface area contributed by atoms with Crippen LogP contribution in [-0.2, 0) is 4.79 Å². The van der Waals surface area contributed by atoms with Gasteiger partial charge in [-0.1, -0.05) is 11.6 Å². The lowest BCUT2D eigenvalue weighted by molar-refractivity contribution is -0.134. The van der Waals surface area contributed by atoms with Gasteiger partial charge in [-0.2, -0.15) is 0 Å². The summed E-state index contributed by atoms with van der Waals surface area (Å²) in [5.41, 5.74) is 2.67. The molecular formula is C22H20ClFN4O2. The van der Waals surface area contributed by atoms with Gasteiger partial charge >= 0.3 is 0 Å². The second kappa shape index (κ2) is 8.75. The molecule has 3 aromatic rings. The van der Waals surface area contributed by atoms with E-state index in [1.165, 1.54) is 18.2 Å². The minimum atomic E-state index is -0.530. The predicted octanol–water partition coefficient (Wildman–Crippen LogP) is 4.38. The van der Waals surface area contributed by atoms with Crippen LogP contribution in [-0.4, -0.2) is 38.9 Å². The summed E-state index contributed by atoms with van der Waals surface area (Å²) in [6.07, 6.45) is 6.92. The standard InChI is InChI=1S/C22H20ClFN4O2/c1-14-26-12-17(15-6-8-25-9-7-15)22(27-14)20-3-2-10-28(20)21(29)13-30-16-4-5-19(24)18(23)11-16/h4-9,11-12,20H,2-3,10,13H2,1H3/t20-/m1/s1. The summed E-state index contributed by atoms with van der Waals surface area (Å²) < 4.78 is 18.9. The van der Waals surface area contributed by atoms with Gasteiger partial charge in [0.15, 0.2) is 6.61 Å². The van der Waals surface area contributed by atoms with Crippen LogP contribution >= 0.6 is 11.6 Å². The van der Waals surface area contributed by atoms with Crippen molar-refractivity contribution in [3.63, 3.8) is 0 Å². The maximum Gasteiger partial charge on any atom is 0.261 e. The summed E-state index contributed by atoms with van der Waals surface area (Å²) in [6, 6.07) is 7.67. The maximum absolute atomic E-state index is 13.3. The first-order valence-corrected chi connectivity index (χ1v) is 10.0. The molecule has 4 rings (SSSR count). The van der Waals surface area contributed by atoms with Crippen molar-refractivity contribution in [1.82, 2.24) is 19.9 Å². The Labute approximate surface area is 178 Å². The van der Waals surface area contributed by atoms with E-state index in [4.69, 9.17) is 16.3 Å². The Kier molecular flexibility index (Phi) is 5.90. The predicted molar refractivity (Wildman–Crippen MR) is 111 cm³/mol. The number of halogens is 2. The monoisotopic (exact) mass is 426 g/mol. The first-order valence-electron chi connectivity index (χ1n) is 9.64. The normalized spacial score (nSPS) is 16.0. The fourth-order valence-corrected chi connectivity index (χ4v) is 3.81. The summed E-state index contributed by atoms with van der Waals surface area (Å²) in [5.74, 6) is 0.313. The lowest BCUT2D eigenvalue weighted by Crippen LogP contribution is -2.35. The highest BCUT2D eigenvalue weighted by atomic mass is 35.5. The molecule has 1 saturated heterocycles. The number of pyridine rings is 1. The van der Waals surface area contributed by atoms with Gasteiger partial charge in [0.25, 0.3) is 5.91 Å². The summed E-state index contributed by atoms with van der Waals surface area (Å²) in [7, 11) is 0. The minimum absolute atomic E-state index is 0.0440. The molecule has 1 fully saturated rings. The number of ether oxygens (including phenoxy) is 1. The van der Waals surface area contributed by atoms with Gasteiger partial charge in [-0.15, -0.1) is 0 Å². The van der Waals surface area contributed by atoms with E-state index >= 15 is 0 Å². The quantitative estimate of drug-likeness (QED) is 0.605. The lowest BCUT2D eigenvalue weighted by atomic mass is 10.0. The number of carbonyl (C=O) groups is 1. The van der Waals surface area contributed by atoms with Gasteiger partial charge in [0.2, 0.25) is 0 Å². The van der Waals surface area contributed by atoms with Gasteiger partial charge in [0.1, 0.15) is 17.4 Å². The van der Waals surface area contributed by atoms with E-state index in [0.717, 1.165) is 29.7 Å². The van der Waals surface area contributed by atoms with Crippen molar-refractivity contribution in [2.24, 2.45) is 0 Å². The van der Waals surface area contributed by atoms with Crippen molar-refractivity contribution in [1.29, 1.82) is 0 Å². The number of aromatic nitrogens is 3. The van der Waals surface area contributed by atoms with Crippen LogP contribution in [0.4, 0.5) is 4.39 Å². The highest BCUT2D eigenvalue weighted by molar-refractivity contribution is 6.30. The number of likely N-dealkylation sites (tertiary alicyclic amines) is 1. The van der Waals surface area contributed by atoms with Crippen LogP contribution in [0.5, 0.6) is 5.75 Å². The van der Waals surface area contributed by atoms with Gasteiger partial charge in [0.05, 0.1) is 16.8 Å². The van der Waals surface area contributed by atoms with Crippen LogP contribution in [0.15, 0.2) is 48.9 Å².